The Morgan fingerprint density at radius 2 is 1.82 bits per heavy atom. The Morgan fingerprint density at radius 1 is 1.12 bits per heavy atom. The van der Waals surface area contributed by atoms with E-state index in [-0.39, 0.29) is 11.8 Å². The van der Waals surface area contributed by atoms with Gasteiger partial charge >= 0.3 is 6.18 Å². The van der Waals surface area contributed by atoms with Gasteiger partial charge in [0.1, 0.15) is 11.8 Å². The van der Waals surface area contributed by atoms with Crippen LogP contribution in [-0.4, -0.2) is 49.7 Å². The van der Waals surface area contributed by atoms with Crippen molar-refractivity contribution in [1.29, 1.82) is 0 Å². The minimum Gasteiger partial charge on any atom is -0.497 e. The number of aromatic nitrogens is 1. The van der Waals surface area contributed by atoms with Gasteiger partial charge in [0.2, 0.25) is 5.78 Å². The van der Waals surface area contributed by atoms with E-state index < -0.39 is 11.7 Å². The molecule has 1 aliphatic rings. The number of quaternary nitrogens is 1. The van der Waals surface area contributed by atoms with Gasteiger partial charge in [0.15, 0.2) is 0 Å². The maximum absolute atomic E-state index is 13.6. The third-order valence-corrected chi connectivity index (χ3v) is 6.90. The number of anilines is 1. The molecule has 1 aromatic heterocycles. The third kappa shape index (κ3) is 4.31. The van der Waals surface area contributed by atoms with Crippen molar-refractivity contribution in [2.24, 2.45) is 7.05 Å². The summed E-state index contributed by atoms with van der Waals surface area (Å²) in [7, 11) is 3.56. The summed E-state index contributed by atoms with van der Waals surface area (Å²) in [5.41, 5.74) is 2.54. The summed E-state index contributed by atoms with van der Waals surface area (Å²) in [6, 6.07) is 10.9. The number of rotatable bonds is 5. The SMILES string of the molecule is COc1ccc2c(c1)c(C(=O)[C@@H](C)[NH+]1CCN(c3cccc(C(F)(F)F)c3)CC1)c(C)n2C. The number of alkyl halides is 3. The summed E-state index contributed by atoms with van der Waals surface area (Å²) in [5.74, 6) is 0.783. The smallest absolute Gasteiger partial charge is 0.416 e. The molecule has 2 heterocycles. The van der Waals surface area contributed by atoms with Crippen molar-refractivity contribution in [2.45, 2.75) is 26.1 Å². The van der Waals surface area contributed by atoms with E-state index in [1.165, 1.54) is 12.1 Å². The molecule has 0 amide bonds. The number of nitrogens with zero attached hydrogens (tertiary/aromatic N) is 2. The molecule has 176 valence electrons. The highest BCUT2D eigenvalue weighted by molar-refractivity contribution is 6.11. The number of ether oxygens (including phenoxy) is 1. The van der Waals surface area contributed by atoms with Gasteiger partial charge < -0.3 is 19.1 Å². The Labute approximate surface area is 191 Å². The lowest BCUT2D eigenvalue weighted by molar-refractivity contribution is -0.914. The number of halogens is 3. The van der Waals surface area contributed by atoms with Crippen molar-refractivity contribution >= 4 is 22.4 Å². The molecule has 0 spiro atoms. The van der Waals surface area contributed by atoms with Crippen LogP contribution in [0.25, 0.3) is 10.9 Å². The maximum Gasteiger partial charge on any atom is 0.416 e. The van der Waals surface area contributed by atoms with Crippen LogP contribution in [0.15, 0.2) is 42.5 Å². The second-order valence-corrected chi connectivity index (χ2v) is 8.68. The monoisotopic (exact) mass is 460 g/mol. The second-order valence-electron chi connectivity index (χ2n) is 8.68. The molecular weight excluding hydrogens is 431 g/mol. The third-order valence-electron chi connectivity index (χ3n) is 6.90. The Bertz CT molecular complexity index is 1180. The zero-order valence-corrected chi connectivity index (χ0v) is 19.3. The van der Waals surface area contributed by atoms with Crippen LogP contribution in [0.4, 0.5) is 18.9 Å². The lowest BCUT2D eigenvalue weighted by atomic mass is 10.00. The van der Waals surface area contributed by atoms with Crippen molar-refractivity contribution < 1.29 is 27.6 Å². The first-order valence-corrected chi connectivity index (χ1v) is 11.1. The normalized spacial score (nSPS) is 16.3. The Balaban J connectivity index is 1.51. The van der Waals surface area contributed by atoms with Gasteiger partial charge in [-0.1, -0.05) is 6.07 Å². The fourth-order valence-electron chi connectivity index (χ4n) is 4.76. The number of ketones is 1. The van der Waals surface area contributed by atoms with Crippen LogP contribution >= 0.6 is 0 Å². The minimum absolute atomic E-state index is 0.0777. The van der Waals surface area contributed by atoms with Gasteiger partial charge in [0, 0.05) is 29.3 Å². The number of fused-ring (bicyclic) bond motifs is 1. The van der Waals surface area contributed by atoms with Crippen LogP contribution < -0.4 is 14.5 Å². The quantitative estimate of drug-likeness (QED) is 0.593. The van der Waals surface area contributed by atoms with E-state index in [1.54, 1.807) is 13.2 Å². The molecule has 1 aliphatic heterocycles. The molecule has 4 rings (SSSR count). The number of nitrogens with one attached hydrogen (secondary N) is 1. The fraction of sp³-hybridized carbons (Fsp3) is 0.400. The summed E-state index contributed by atoms with van der Waals surface area (Å²) in [6.07, 6.45) is -4.36. The number of hydrogen-bond acceptors (Lipinski definition) is 3. The van der Waals surface area contributed by atoms with Crippen LogP contribution in [0.3, 0.4) is 0 Å². The number of carbonyl (C=O) groups excluding carboxylic acids is 1. The van der Waals surface area contributed by atoms with E-state index >= 15 is 0 Å². The van der Waals surface area contributed by atoms with Gasteiger partial charge in [-0.25, -0.2) is 0 Å². The summed E-state index contributed by atoms with van der Waals surface area (Å²) in [4.78, 5) is 16.7. The molecule has 0 unspecified atom stereocenters. The lowest BCUT2D eigenvalue weighted by Gasteiger charge is -2.36. The number of aryl methyl sites for hydroxylation is 1. The zero-order valence-electron chi connectivity index (χ0n) is 19.3. The topological polar surface area (TPSA) is 38.9 Å². The number of Topliss-reactive ketones (excluding diaryl/α,β-unsaturated/α-hetero) is 1. The van der Waals surface area contributed by atoms with E-state index in [9.17, 15) is 18.0 Å². The van der Waals surface area contributed by atoms with Crippen LogP contribution in [0, 0.1) is 6.92 Å². The average Bonchev–Trinajstić information content (AvgIpc) is 3.07. The van der Waals surface area contributed by atoms with Crippen LogP contribution in [0.1, 0.15) is 28.5 Å². The summed E-state index contributed by atoms with van der Waals surface area (Å²) in [6.45, 7) is 6.43. The molecule has 2 aromatic carbocycles. The molecule has 33 heavy (non-hydrogen) atoms. The highest BCUT2D eigenvalue weighted by Gasteiger charge is 2.34. The maximum atomic E-state index is 13.6. The standard InChI is InChI=1S/C25H28F3N3O2/c1-16-23(21-15-20(33-4)8-9-22(21)29(16)3)24(32)17(2)30-10-12-31(13-11-30)19-7-5-6-18(14-19)25(26,27)28/h5-9,14-15,17H,10-13H2,1-4H3/p+1/t17-/m1/s1. The number of piperazine rings is 1. The Kier molecular flexibility index (Phi) is 6.14. The number of hydrogen-bond donors (Lipinski definition) is 1. The van der Waals surface area contributed by atoms with Gasteiger partial charge in [-0.15, -0.1) is 0 Å². The molecular formula is C25H29F3N3O2+. The molecule has 1 fully saturated rings. The fourth-order valence-corrected chi connectivity index (χ4v) is 4.76. The number of methoxy groups -OCH3 is 1. The van der Waals surface area contributed by atoms with Gasteiger partial charge in [-0.2, -0.15) is 13.2 Å². The van der Waals surface area contributed by atoms with Gasteiger partial charge in [-0.05, 0) is 50.2 Å². The van der Waals surface area contributed by atoms with Crippen molar-refractivity contribution in [3.8, 4) is 5.75 Å². The van der Waals surface area contributed by atoms with E-state index in [0.717, 1.165) is 27.6 Å². The summed E-state index contributed by atoms with van der Waals surface area (Å²) < 4.78 is 46.6. The van der Waals surface area contributed by atoms with Gasteiger partial charge in [0.25, 0.3) is 0 Å². The predicted molar refractivity (Wildman–Crippen MR) is 122 cm³/mol. The van der Waals surface area contributed by atoms with Crippen LogP contribution in [0.5, 0.6) is 5.75 Å². The molecule has 0 saturated carbocycles. The molecule has 0 bridgehead atoms. The van der Waals surface area contributed by atoms with Crippen molar-refractivity contribution in [1.82, 2.24) is 4.57 Å². The molecule has 1 N–H and O–H groups in total. The lowest BCUT2D eigenvalue weighted by Crippen LogP contribution is -3.18. The molecule has 1 saturated heterocycles. The second kappa shape index (κ2) is 8.74. The van der Waals surface area contributed by atoms with Crippen molar-refractivity contribution in [3.05, 3.63) is 59.3 Å². The first-order valence-electron chi connectivity index (χ1n) is 11.1. The Morgan fingerprint density at radius 3 is 2.45 bits per heavy atom. The van der Waals surface area contributed by atoms with E-state index in [1.807, 2.05) is 48.6 Å². The molecule has 0 aliphatic carbocycles. The largest absolute Gasteiger partial charge is 0.497 e. The molecule has 8 heteroatoms. The van der Waals surface area contributed by atoms with Crippen molar-refractivity contribution in [3.63, 3.8) is 0 Å². The van der Waals surface area contributed by atoms with E-state index in [4.69, 9.17) is 4.74 Å². The van der Waals surface area contributed by atoms with E-state index in [0.29, 0.717) is 43.2 Å². The highest BCUT2D eigenvalue weighted by atomic mass is 19.4. The first-order chi connectivity index (χ1) is 15.6. The predicted octanol–water partition coefficient (Wildman–Crippen LogP) is 3.49. The van der Waals surface area contributed by atoms with Crippen LogP contribution in [0.2, 0.25) is 0 Å². The number of carbonyl (C=O) groups is 1. The van der Waals surface area contributed by atoms with Crippen LogP contribution in [-0.2, 0) is 13.2 Å². The molecule has 1 atom stereocenters. The molecule has 5 nitrogen and oxygen atoms in total. The highest BCUT2D eigenvalue weighted by Crippen LogP contribution is 2.32. The number of benzene rings is 2. The summed E-state index contributed by atoms with van der Waals surface area (Å²) >= 11 is 0. The van der Waals surface area contributed by atoms with E-state index in [2.05, 4.69) is 0 Å². The van der Waals surface area contributed by atoms with Crippen molar-refractivity contribution in [2.75, 3.05) is 38.2 Å². The molecule has 3 aromatic rings. The first kappa shape index (κ1) is 23.2. The van der Waals surface area contributed by atoms with Gasteiger partial charge in [-0.3, -0.25) is 4.79 Å². The zero-order chi connectivity index (χ0) is 23.9. The molecule has 0 radical (unpaired) electrons. The average molecular weight is 461 g/mol. The summed E-state index contributed by atoms with van der Waals surface area (Å²) in [5, 5.41) is 0.883. The Hall–Kier alpha value is -3.00. The minimum atomic E-state index is -4.36. The van der Waals surface area contributed by atoms with Gasteiger partial charge in [0.05, 0.1) is 44.4 Å².